The maximum absolute atomic E-state index is 13.2. The van der Waals surface area contributed by atoms with Crippen molar-refractivity contribution in [1.82, 2.24) is 0 Å². The fourth-order valence-corrected chi connectivity index (χ4v) is 3.34. The Labute approximate surface area is 133 Å². The second-order valence-corrected chi connectivity index (χ2v) is 6.93. The lowest BCUT2D eigenvalue weighted by Gasteiger charge is -2.12. The summed E-state index contributed by atoms with van der Waals surface area (Å²) >= 11 is 5.82. The number of hydrogen-bond acceptors (Lipinski definition) is 3. The van der Waals surface area contributed by atoms with Crippen LogP contribution >= 0.6 is 11.6 Å². The second kappa shape index (κ2) is 6.54. The first-order chi connectivity index (χ1) is 10.3. The Morgan fingerprint density at radius 1 is 1.14 bits per heavy atom. The summed E-state index contributed by atoms with van der Waals surface area (Å²) in [6.07, 6.45) is 0.0219. The topological polar surface area (TPSA) is 55.4 Å². The van der Waals surface area contributed by atoms with Gasteiger partial charge in [-0.2, -0.15) is 0 Å². The predicted octanol–water partition coefficient (Wildman–Crippen LogP) is 4.07. The third-order valence-electron chi connectivity index (χ3n) is 2.66. The van der Waals surface area contributed by atoms with Gasteiger partial charge in [0.05, 0.1) is 11.1 Å². The Bertz CT molecular complexity index is 761. The van der Waals surface area contributed by atoms with Gasteiger partial charge < -0.3 is 4.74 Å². The molecule has 22 heavy (non-hydrogen) atoms. The molecule has 2 rings (SSSR count). The van der Waals surface area contributed by atoms with Crippen molar-refractivity contribution in [2.24, 2.45) is 0 Å². The van der Waals surface area contributed by atoms with Gasteiger partial charge in [0.1, 0.15) is 16.5 Å². The van der Waals surface area contributed by atoms with E-state index in [0.717, 1.165) is 12.1 Å². The number of halogens is 2. The van der Waals surface area contributed by atoms with E-state index in [1.165, 1.54) is 6.07 Å². The number of rotatable bonds is 5. The maximum Gasteiger partial charge on any atom is 0.263 e. The first-order valence-corrected chi connectivity index (χ1v) is 8.38. The molecule has 0 unspecified atom stereocenters. The van der Waals surface area contributed by atoms with Crippen molar-refractivity contribution < 1.29 is 17.5 Å². The molecule has 2 aromatic carbocycles. The lowest BCUT2D eigenvalue weighted by molar-refractivity contribution is 0.242. The minimum atomic E-state index is -3.97. The first-order valence-electron chi connectivity index (χ1n) is 6.52. The minimum absolute atomic E-state index is 0.0219. The number of sulfonamides is 1. The maximum atomic E-state index is 13.2. The molecular weight excluding hydrogens is 329 g/mol. The SMILES string of the molecule is CC(C)Oc1ccc(NS(=O)(=O)c2cc(F)ccc2Cl)cc1. The van der Waals surface area contributed by atoms with E-state index in [4.69, 9.17) is 16.3 Å². The van der Waals surface area contributed by atoms with Gasteiger partial charge in [0.25, 0.3) is 10.0 Å². The lowest BCUT2D eigenvalue weighted by Crippen LogP contribution is -2.14. The van der Waals surface area contributed by atoms with Crippen molar-refractivity contribution in [3.63, 3.8) is 0 Å². The number of benzene rings is 2. The highest BCUT2D eigenvalue weighted by molar-refractivity contribution is 7.92. The van der Waals surface area contributed by atoms with Crippen LogP contribution in [0, 0.1) is 5.82 Å². The van der Waals surface area contributed by atoms with Gasteiger partial charge in [-0.25, -0.2) is 12.8 Å². The Hall–Kier alpha value is -1.79. The van der Waals surface area contributed by atoms with Crippen LogP contribution in [0.1, 0.15) is 13.8 Å². The van der Waals surface area contributed by atoms with E-state index in [-0.39, 0.29) is 16.0 Å². The number of ether oxygens (including phenoxy) is 1. The van der Waals surface area contributed by atoms with Crippen LogP contribution in [0.15, 0.2) is 47.4 Å². The highest BCUT2D eigenvalue weighted by Crippen LogP contribution is 2.25. The lowest BCUT2D eigenvalue weighted by atomic mass is 10.3. The molecule has 0 heterocycles. The Morgan fingerprint density at radius 3 is 2.36 bits per heavy atom. The van der Waals surface area contributed by atoms with Gasteiger partial charge in [0, 0.05) is 5.69 Å². The Morgan fingerprint density at radius 2 is 1.77 bits per heavy atom. The van der Waals surface area contributed by atoms with Gasteiger partial charge in [0.15, 0.2) is 0 Å². The van der Waals surface area contributed by atoms with Crippen molar-refractivity contribution in [2.75, 3.05) is 4.72 Å². The highest BCUT2D eigenvalue weighted by atomic mass is 35.5. The van der Waals surface area contributed by atoms with E-state index in [1.54, 1.807) is 24.3 Å². The molecule has 2 aromatic rings. The molecule has 0 atom stereocenters. The molecule has 0 aliphatic carbocycles. The standard InChI is InChI=1S/C15H15ClFNO3S/c1-10(2)21-13-6-4-12(5-7-13)18-22(19,20)15-9-11(17)3-8-14(15)16/h3-10,18H,1-2H3. The molecule has 118 valence electrons. The van der Waals surface area contributed by atoms with E-state index < -0.39 is 15.8 Å². The molecule has 0 aliphatic rings. The second-order valence-electron chi connectivity index (χ2n) is 4.87. The molecular formula is C15H15ClFNO3S. The predicted molar refractivity (Wildman–Crippen MR) is 84.4 cm³/mol. The summed E-state index contributed by atoms with van der Waals surface area (Å²) < 4.78 is 45.5. The fraction of sp³-hybridized carbons (Fsp3) is 0.200. The monoisotopic (exact) mass is 343 g/mol. The Kier molecular flexibility index (Phi) is 4.93. The molecule has 0 saturated heterocycles. The van der Waals surface area contributed by atoms with Crippen LogP contribution < -0.4 is 9.46 Å². The van der Waals surface area contributed by atoms with Crippen LogP contribution in [0.25, 0.3) is 0 Å². The third kappa shape index (κ3) is 4.11. The molecule has 0 aromatic heterocycles. The van der Waals surface area contributed by atoms with Crippen molar-refractivity contribution in [2.45, 2.75) is 24.8 Å². The van der Waals surface area contributed by atoms with E-state index >= 15 is 0 Å². The molecule has 0 saturated carbocycles. The van der Waals surface area contributed by atoms with E-state index in [2.05, 4.69) is 4.72 Å². The van der Waals surface area contributed by atoms with Crippen LogP contribution in [0.5, 0.6) is 5.75 Å². The highest BCUT2D eigenvalue weighted by Gasteiger charge is 2.19. The molecule has 4 nitrogen and oxygen atoms in total. The van der Waals surface area contributed by atoms with Crippen LogP contribution in [-0.4, -0.2) is 14.5 Å². The van der Waals surface area contributed by atoms with Gasteiger partial charge in [-0.1, -0.05) is 11.6 Å². The molecule has 0 amide bonds. The summed E-state index contributed by atoms with van der Waals surface area (Å²) in [5.41, 5.74) is 0.330. The van der Waals surface area contributed by atoms with Crippen molar-refractivity contribution in [3.8, 4) is 5.75 Å². The molecule has 7 heteroatoms. The van der Waals surface area contributed by atoms with Crippen LogP contribution in [0.3, 0.4) is 0 Å². The van der Waals surface area contributed by atoms with Crippen LogP contribution in [0.2, 0.25) is 5.02 Å². The summed E-state index contributed by atoms with van der Waals surface area (Å²) in [7, 11) is -3.97. The summed E-state index contributed by atoms with van der Waals surface area (Å²) in [4.78, 5) is -0.309. The summed E-state index contributed by atoms with van der Waals surface area (Å²) in [6, 6.07) is 9.58. The molecule has 1 N–H and O–H groups in total. The Balaban J connectivity index is 2.23. The molecule has 0 radical (unpaired) electrons. The van der Waals surface area contributed by atoms with Crippen LogP contribution in [-0.2, 0) is 10.0 Å². The molecule has 0 aliphatic heterocycles. The first kappa shape index (κ1) is 16.6. The minimum Gasteiger partial charge on any atom is -0.491 e. The largest absolute Gasteiger partial charge is 0.491 e. The average Bonchev–Trinajstić information content (AvgIpc) is 2.43. The van der Waals surface area contributed by atoms with Crippen LogP contribution in [0.4, 0.5) is 10.1 Å². The van der Waals surface area contributed by atoms with Gasteiger partial charge in [0.2, 0.25) is 0 Å². The quantitative estimate of drug-likeness (QED) is 0.890. The summed E-state index contributed by atoms with van der Waals surface area (Å²) in [6.45, 7) is 3.78. The molecule has 0 fully saturated rings. The third-order valence-corrected chi connectivity index (χ3v) is 4.52. The average molecular weight is 344 g/mol. The molecule has 0 spiro atoms. The van der Waals surface area contributed by atoms with Crippen molar-refractivity contribution >= 4 is 27.3 Å². The van der Waals surface area contributed by atoms with E-state index in [0.29, 0.717) is 11.4 Å². The van der Waals surface area contributed by atoms with Gasteiger partial charge in [-0.15, -0.1) is 0 Å². The van der Waals surface area contributed by atoms with Gasteiger partial charge in [-0.05, 0) is 56.3 Å². The molecule has 0 bridgehead atoms. The number of nitrogens with one attached hydrogen (secondary N) is 1. The summed E-state index contributed by atoms with van der Waals surface area (Å²) in [5, 5.41) is -0.0475. The smallest absolute Gasteiger partial charge is 0.263 e. The zero-order valence-corrected chi connectivity index (χ0v) is 13.6. The van der Waals surface area contributed by atoms with Gasteiger partial charge in [-0.3, -0.25) is 4.72 Å². The van der Waals surface area contributed by atoms with Crippen molar-refractivity contribution in [3.05, 3.63) is 53.3 Å². The van der Waals surface area contributed by atoms with E-state index in [1.807, 2.05) is 13.8 Å². The zero-order valence-electron chi connectivity index (χ0n) is 12.0. The normalized spacial score (nSPS) is 11.5. The van der Waals surface area contributed by atoms with Crippen molar-refractivity contribution in [1.29, 1.82) is 0 Å². The zero-order chi connectivity index (χ0) is 16.3. The fourth-order valence-electron chi connectivity index (χ4n) is 1.77. The van der Waals surface area contributed by atoms with E-state index in [9.17, 15) is 12.8 Å². The van der Waals surface area contributed by atoms with Gasteiger partial charge >= 0.3 is 0 Å². The summed E-state index contributed by atoms with van der Waals surface area (Å²) in [5.74, 6) is -0.0489. The number of hydrogen-bond donors (Lipinski definition) is 1. The number of anilines is 1.